The summed E-state index contributed by atoms with van der Waals surface area (Å²) >= 11 is 0. The zero-order valence-electron chi connectivity index (χ0n) is 39.5. The Morgan fingerprint density at radius 1 is 0.350 bits per heavy atom. The Hall–Kier alpha value is -2.89. The molecule has 1 atom stereocenters. The topological polar surface area (TPSA) is 78.9 Å². The van der Waals surface area contributed by atoms with Crippen molar-refractivity contribution in [1.29, 1.82) is 0 Å². The van der Waals surface area contributed by atoms with E-state index in [1.54, 1.807) is 0 Å². The van der Waals surface area contributed by atoms with Crippen molar-refractivity contribution in [2.45, 2.75) is 252 Å². The van der Waals surface area contributed by atoms with Crippen molar-refractivity contribution in [2.75, 3.05) is 13.2 Å². The molecule has 0 saturated heterocycles. The Bertz CT molecular complexity index is 1100. The van der Waals surface area contributed by atoms with E-state index in [9.17, 15) is 14.4 Å². The van der Waals surface area contributed by atoms with Crippen molar-refractivity contribution in [3.8, 4) is 0 Å². The van der Waals surface area contributed by atoms with Crippen LogP contribution >= 0.6 is 0 Å². The van der Waals surface area contributed by atoms with Crippen molar-refractivity contribution in [1.82, 2.24) is 0 Å². The number of rotatable bonds is 45. The summed E-state index contributed by atoms with van der Waals surface area (Å²) in [7, 11) is 0. The number of esters is 3. The Morgan fingerprint density at radius 3 is 1.13 bits per heavy atom. The third-order valence-corrected chi connectivity index (χ3v) is 10.7. The molecule has 0 aromatic carbocycles. The molecule has 0 aliphatic carbocycles. The first kappa shape index (κ1) is 57.1. The second-order valence-electron chi connectivity index (χ2n) is 16.7. The van der Waals surface area contributed by atoms with Crippen molar-refractivity contribution < 1.29 is 28.6 Å². The van der Waals surface area contributed by atoms with Gasteiger partial charge in [0.15, 0.2) is 6.10 Å². The van der Waals surface area contributed by atoms with Crippen LogP contribution in [0.3, 0.4) is 0 Å². The van der Waals surface area contributed by atoms with E-state index in [1.165, 1.54) is 128 Å². The van der Waals surface area contributed by atoms with Crippen LogP contribution in [-0.2, 0) is 28.6 Å². The lowest BCUT2D eigenvalue weighted by atomic mass is 10.1. The smallest absolute Gasteiger partial charge is 0.306 e. The fourth-order valence-electron chi connectivity index (χ4n) is 6.94. The molecule has 0 spiro atoms. The number of ether oxygens (including phenoxy) is 3. The molecule has 0 aliphatic rings. The van der Waals surface area contributed by atoms with Gasteiger partial charge in [0.25, 0.3) is 0 Å². The Kier molecular flexibility index (Phi) is 46.4. The molecule has 0 fully saturated rings. The van der Waals surface area contributed by atoms with E-state index in [4.69, 9.17) is 14.2 Å². The number of hydrogen-bond donors (Lipinski definition) is 0. The van der Waals surface area contributed by atoms with Crippen molar-refractivity contribution in [2.24, 2.45) is 0 Å². The van der Waals surface area contributed by atoms with Gasteiger partial charge in [-0.15, -0.1) is 0 Å². The average molecular weight is 839 g/mol. The van der Waals surface area contributed by atoms with Crippen LogP contribution in [0.2, 0.25) is 0 Å². The quantitative estimate of drug-likeness (QED) is 0.0263. The highest BCUT2D eigenvalue weighted by Gasteiger charge is 2.19. The lowest BCUT2D eigenvalue weighted by Crippen LogP contribution is -2.30. The Morgan fingerprint density at radius 2 is 0.683 bits per heavy atom. The molecule has 0 radical (unpaired) electrons. The fraction of sp³-hybridized carbons (Fsp3) is 0.759. The zero-order valence-corrected chi connectivity index (χ0v) is 39.5. The van der Waals surface area contributed by atoms with Crippen LogP contribution in [0.25, 0.3) is 0 Å². The minimum Gasteiger partial charge on any atom is -0.462 e. The summed E-state index contributed by atoms with van der Waals surface area (Å²) < 4.78 is 16.7. The first-order chi connectivity index (χ1) is 29.5. The van der Waals surface area contributed by atoms with Crippen LogP contribution < -0.4 is 0 Å². The monoisotopic (exact) mass is 839 g/mol. The second kappa shape index (κ2) is 48.8. The van der Waals surface area contributed by atoms with Crippen LogP contribution in [0.5, 0.6) is 0 Å². The Balaban J connectivity index is 4.45. The molecule has 0 rings (SSSR count). The molecule has 1 unspecified atom stereocenters. The number of carbonyl (C=O) groups excluding carboxylic acids is 3. The van der Waals surface area contributed by atoms with E-state index in [0.29, 0.717) is 19.3 Å². The molecule has 346 valence electrons. The van der Waals surface area contributed by atoms with Crippen LogP contribution in [-0.4, -0.2) is 37.2 Å². The van der Waals surface area contributed by atoms with Gasteiger partial charge >= 0.3 is 17.9 Å². The maximum atomic E-state index is 12.8. The van der Waals surface area contributed by atoms with Crippen LogP contribution in [0.15, 0.2) is 60.8 Å². The molecule has 0 N–H and O–H groups in total. The van der Waals surface area contributed by atoms with Crippen molar-refractivity contribution >= 4 is 17.9 Å². The zero-order chi connectivity index (χ0) is 43.7. The van der Waals surface area contributed by atoms with Gasteiger partial charge in [0, 0.05) is 19.3 Å². The van der Waals surface area contributed by atoms with Crippen LogP contribution in [0, 0.1) is 0 Å². The van der Waals surface area contributed by atoms with Gasteiger partial charge in [0.05, 0.1) is 0 Å². The predicted octanol–water partition coefficient (Wildman–Crippen LogP) is 16.5. The highest BCUT2D eigenvalue weighted by atomic mass is 16.6. The molecule has 6 heteroatoms. The van der Waals surface area contributed by atoms with Gasteiger partial charge < -0.3 is 14.2 Å². The Labute approximate surface area is 370 Å². The van der Waals surface area contributed by atoms with Gasteiger partial charge in [0.1, 0.15) is 13.2 Å². The number of allylic oxidation sites excluding steroid dienone is 10. The van der Waals surface area contributed by atoms with Gasteiger partial charge in [-0.1, -0.05) is 197 Å². The van der Waals surface area contributed by atoms with Gasteiger partial charge in [-0.2, -0.15) is 0 Å². The van der Waals surface area contributed by atoms with E-state index in [-0.39, 0.29) is 37.5 Å². The third-order valence-electron chi connectivity index (χ3n) is 10.7. The van der Waals surface area contributed by atoms with Gasteiger partial charge in [-0.05, 0) is 89.9 Å². The molecule has 0 saturated carbocycles. The predicted molar refractivity (Wildman–Crippen MR) is 256 cm³/mol. The first-order valence-corrected chi connectivity index (χ1v) is 25.3. The highest BCUT2D eigenvalue weighted by Crippen LogP contribution is 2.14. The van der Waals surface area contributed by atoms with Crippen LogP contribution in [0.4, 0.5) is 0 Å². The number of unbranched alkanes of at least 4 members (excludes halogenated alkanes) is 24. The summed E-state index contributed by atoms with van der Waals surface area (Å²) in [6, 6.07) is 0. The van der Waals surface area contributed by atoms with E-state index in [0.717, 1.165) is 70.6 Å². The fourth-order valence-corrected chi connectivity index (χ4v) is 6.94. The average Bonchev–Trinajstić information content (AvgIpc) is 3.24. The van der Waals surface area contributed by atoms with E-state index >= 15 is 0 Å². The molecule has 0 aliphatic heterocycles. The standard InChI is InChI=1S/C54H94O6/c1-4-7-10-13-16-19-22-25-27-30-32-35-38-41-44-47-53(56)59-50-51(49-58-52(55)46-43-40-37-34-31-28-24-21-18-15-12-9-6-3)60-54(57)48-45-42-39-36-33-29-26-23-20-17-14-11-8-5-2/h8,11,17,19-20,22,28,31,37,40,51H,4-7,9-10,12-16,18,21,23-27,29-30,32-36,38-39,41-50H2,1-3H3/b11-8-,20-17-,22-19-,31-28-,40-37-. The lowest BCUT2D eigenvalue weighted by molar-refractivity contribution is -0.166. The highest BCUT2D eigenvalue weighted by molar-refractivity contribution is 5.71. The molecule has 60 heavy (non-hydrogen) atoms. The van der Waals surface area contributed by atoms with Gasteiger partial charge in [-0.3, -0.25) is 14.4 Å². The maximum absolute atomic E-state index is 12.8. The van der Waals surface area contributed by atoms with Gasteiger partial charge in [-0.25, -0.2) is 0 Å². The third kappa shape index (κ3) is 46.2. The summed E-state index contributed by atoms with van der Waals surface area (Å²) in [5.74, 6) is -0.978. The molecule has 0 aromatic rings. The van der Waals surface area contributed by atoms with Gasteiger partial charge in [0.2, 0.25) is 0 Å². The molecular formula is C54H94O6. The molecule has 6 nitrogen and oxygen atoms in total. The SMILES string of the molecule is CC/C=C\C/C=C\CCCCCCCCCC(=O)OC(COC(=O)CC/C=C\C/C=C\CCCCCCCC)COC(=O)CCCCCCCCC/C=C\CCCCCC. The first-order valence-electron chi connectivity index (χ1n) is 25.3. The van der Waals surface area contributed by atoms with Crippen molar-refractivity contribution in [3.63, 3.8) is 0 Å². The largest absolute Gasteiger partial charge is 0.462 e. The maximum Gasteiger partial charge on any atom is 0.306 e. The minimum atomic E-state index is -0.801. The molecule has 0 bridgehead atoms. The van der Waals surface area contributed by atoms with Crippen molar-refractivity contribution in [3.05, 3.63) is 60.8 Å². The van der Waals surface area contributed by atoms with Crippen LogP contribution in [0.1, 0.15) is 245 Å². The summed E-state index contributed by atoms with van der Waals surface area (Å²) in [6.07, 6.45) is 59.3. The molecule has 0 amide bonds. The molecule has 0 aromatic heterocycles. The lowest BCUT2D eigenvalue weighted by Gasteiger charge is -2.18. The van der Waals surface area contributed by atoms with E-state index < -0.39 is 6.10 Å². The summed E-state index contributed by atoms with van der Waals surface area (Å²) in [5.41, 5.74) is 0. The molecular weight excluding hydrogens is 745 g/mol. The van der Waals surface area contributed by atoms with E-state index in [1.807, 2.05) is 6.08 Å². The second-order valence-corrected chi connectivity index (χ2v) is 16.7. The van der Waals surface area contributed by atoms with E-state index in [2.05, 4.69) is 75.5 Å². The summed E-state index contributed by atoms with van der Waals surface area (Å²) in [6.45, 7) is 6.45. The summed E-state index contributed by atoms with van der Waals surface area (Å²) in [5, 5.41) is 0. The number of hydrogen-bond acceptors (Lipinski definition) is 6. The summed E-state index contributed by atoms with van der Waals surface area (Å²) in [4.78, 5) is 37.9. The number of carbonyl (C=O) groups is 3. The molecule has 0 heterocycles. The normalized spacial score (nSPS) is 12.5. The minimum absolute atomic E-state index is 0.0966.